The first-order valence-electron chi connectivity index (χ1n) is 9.79. The van der Waals surface area contributed by atoms with E-state index in [2.05, 4.69) is 72.1 Å². The summed E-state index contributed by atoms with van der Waals surface area (Å²) in [5.41, 5.74) is 11.6. The fourth-order valence-corrected chi connectivity index (χ4v) is 3.96. The summed E-state index contributed by atoms with van der Waals surface area (Å²) in [6.45, 7) is 7.59. The molecule has 5 nitrogen and oxygen atoms in total. The number of nitrogens with zero attached hydrogens (tertiary/aromatic N) is 2. The summed E-state index contributed by atoms with van der Waals surface area (Å²) in [7, 11) is 0. The maximum absolute atomic E-state index is 12.9. The number of nitrogens with one attached hydrogen (secondary N) is 2. The van der Waals surface area contributed by atoms with Gasteiger partial charge in [0.1, 0.15) is 6.04 Å². The number of aryl methyl sites for hydroxylation is 2. The number of carbonyl (C=O) groups excluding carboxylic acids is 1. The van der Waals surface area contributed by atoms with Gasteiger partial charge in [-0.05, 0) is 49.1 Å². The zero-order valence-electron chi connectivity index (χ0n) is 16.1. The van der Waals surface area contributed by atoms with Gasteiger partial charge in [-0.3, -0.25) is 4.79 Å². The van der Waals surface area contributed by atoms with Crippen molar-refractivity contribution in [2.75, 3.05) is 31.1 Å². The first kappa shape index (κ1) is 18.0. The topological polar surface area (TPSA) is 47.6 Å². The number of anilines is 1. The van der Waals surface area contributed by atoms with Gasteiger partial charge in [-0.1, -0.05) is 36.4 Å². The third kappa shape index (κ3) is 3.84. The lowest BCUT2D eigenvalue weighted by Crippen LogP contribution is -2.53. The third-order valence-corrected chi connectivity index (χ3v) is 5.85. The number of piperazine rings is 1. The molecule has 2 heterocycles. The number of rotatable bonds is 3. The van der Waals surface area contributed by atoms with Gasteiger partial charge >= 0.3 is 0 Å². The Kier molecular flexibility index (Phi) is 5.14. The van der Waals surface area contributed by atoms with Crippen LogP contribution >= 0.6 is 0 Å². The molecule has 2 aliphatic heterocycles. The van der Waals surface area contributed by atoms with Gasteiger partial charge in [0.2, 0.25) is 5.91 Å². The highest BCUT2D eigenvalue weighted by molar-refractivity contribution is 5.82. The van der Waals surface area contributed by atoms with Crippen molar-refractivity contribution in [3.63, 3.8) is 0 Å². The molecular weight excluding hydrogens is 336 g/mol. The minimum atomic E-state index is -0.153. The summed E-state index contributed by atoms with van der Waals surface area (Å²) in [4.78, 5) is 17.3. The number of hydrogen-bond donors (Lipinski definition) is 2. The van der Waals surface area contributed by atoms with Crippen LogP contribution in [0.4, 0.5) is 5.69 Å². The second-order valence-electron chi connectivity index (χ2n) is 7.62. The molecule has 0 radical (unpaired) electrons. The van der Waals surface area contributed by atoms with Crippen LogP contribution in [0.3, 0.4) is 0 Å². The van der Waals surface area contributed by atoms with E-state index < -0.39 is 0 Å². The lowest BCUT2D eigenvalue weighted by Gasteiger charge is -2.37. The number of hydrogen-bond acceptors (Lipinski definition) is 4. The van der Waals surface area contributed by atoms with E-state index in [1.54, 1.807) is 0 Å². The minimum absolute atomic E-state index is 0.153. The molecule has 0 bridgehead atoms. The Bertz CT molecular complexity index is 799. The van der Waals surface area contributed by atoms with Crippen molar-refractivity contribution in [1.29, 1.82) is 0 Å². The molecule has 2 atom stereocenters. The number of carbonyl (C=O) groups is 1. The summed E-state index contributed by atoms with van der Waals surface area (Å²) in [5.74, 6) is 0.210. The average molecular weight is 364 g/mol. The van der Waals surface area contributed by atoms with Gasteiger partial charge < -0.3 is 9.80 Å². The van der Waals surface area contributed by atoms with Gasteiger partial charge in [-0.15, -0.1) is 0 Å². The molecule has 0 aromatic heterocycles. The lowest BCUT2D eigenvalue weighted by molar-refractivity contribution is -0.133. The van der Waals surface area contributed by atoms with E-state index in [1.165, 1.54) is 22.4 Å². The molecule has 2 unspecified atom stereocenters. The van der Waals surface area contributed by atoms with Crippen LogP contribution in [0.5, 0.6) is 0 Å². The standard InChI is InChI=1S/C22H28N4O/c1-16-8-9-18(14-17(16)2)20-15-21(24-23-20)22(27)26-12-10-25(11-13-26)19-6-4-3-5-7-19/h3-9,14,20-21,23-24H,10-13,15H2,1-2H3. The van der Waals surface area contributed by atoms with Crippen molar-refractivity contribution >= 4 is 11.6 Å². The number of para-hydroxylation sites is 1. The van der Waals surface area contributed by atoms with Crippen molar-refractivity contribution in [3.05, 3.63) is 65.2 Å². The molecular formula is C22H28N4O. The van der Waals surface area contributed by atoms with E-state index in [-0.39, 0.29) is 18.0 Å². The Balaban J connectivity index is 1.33. The van der Waals surface area contributed by atoms with E-state index in [9.17, 15) is 4.79 Å². The first-order valence-corrected chi connectivity index (χ1v) is 9.79. The Labute approximate surface area is 161 Å². The first-order chi connectivity index (χ1) is 13.1. The van der Waals surface area contributed by atoms with Crippen molar-refractivity contribution in [2.45, 2.75) is 32.4 Å². The monoisotopic (exact) mass is 364 g/mol. The van der Waals surface area contributed by atoms with Crippen LogP contribution in [0.1, 0.15) is 29.2 Å². The predicted octanol–water partition coefficient (Wildman–Crippen LogP) is 2.56. The summed E-state index contributed by atoms with van der Waals surface area (Å²) >= 11 is 0. The molecule has 2 N–H and O–H groups in total. The highest BCUT2D eigenvalue weighted by atomic mass is 16.2. The molecule has 0 saturated carbocycles. The van der Waals surface area contributed by atoms with E-state index in [0.717, 1.165) is 32.6 Å². The van der Waals surface area contributed by atoms with Crippen molar-refractivity contribution < 1.29 is 4.79 Å². The molecule has 0 aliphatic carbocycles. The van der Waals surface area contributed by atoms with Gasteiger partial charge in [0.25, 0.3) is 0 Å². The van der Waals surface area contributed by atoms with E-state index in [0.29, 0.717) is 0 Å². The quantitative estimate of drug-likeness (QED) is 0.879. The van der Waals surface area contributed by atoms with Crippen LogP contribution in [-0.2, 0) is 4.79 Å². The molecule has 2 aliphatic rings. The molecule has 2 aromatic rings. The summed E-state index contributed by atoms with van der Waals surface area (Å²) in [5, 5.41) is 0. The lowest BCUT2D eigenvalue weighted by atomic mass is 9.98. The van der Waals surface area contributed by atoms with Gasteiger partial charge in [0.05, 0.1) is 0 Å². The fourth-order valence-electron chi connectivity index (χ4n) is 3.96. The maximum atomic E-state index is 12.9. The SMILES string of the molecule is Cc1ccc(C2CC(C(=O)N3CCN(c4ccccc4)CC3)NN2)cc1C. The van der Waals surface area contributed by atoms with Crippen molar-refractivity contribution in [3.8, 4) is 0 Å². The van der Waals surface area contributed by atoms with Gasteiger partial charge in [-0.2, -0.15) is 0 Å². The Morgan fingerprint density at radius 3 is 2.37 bits per heavy atom. The smallest absolute Gasteiger partial charge is 0.241 e. The predicted molar refractivity (Wildman–Crippen MR) is 109 cm³/mol. The molecule has 2 aromatic carbocycles. The maximum Gasteiger partial charge on any atom is 0.241 e. The molecule has 2 fully saturated rings. The normalized spacial score (nSPS) is 22.9. The molecule has 0 spiro atoms. The summed E-state index contributed by atoms with van der Waals surface area (Å²) in [6.07, 6.45) is 0.792. The fraction of sp³-hybridized carbons (Fsp3) is 0.409. The summed E-state index contributed by atoms with van der Waals surface area (Å²) in [6, 6.07) is 17.0. The third-order valence-electron chi connectivity index (χ3n) is 5.85. The second-order valence-corrected chi connectivity index (χ2v) is 7.62. The van der Waals surface area contributed by atoms with Crippen molar-refractivity contribution in [2.24, 2.45) is 0 Å². The minimum Gasteiger partial charge on any atom is -0.368 e. The molecule has 1 amide bonds. The highest BCUT2D eigenvalue weighted by Crippen LogP contribution is 2.25. The Morgan fingerprint density at radius 2 is 1.67 bits per heavy atom. The summed E-state index contributed by atoms with van der Waals surface area (Å²) < 4.78 is 0. The number of amides is 1. The average Bonchev–Trinajstić information content (AvgIpc) is 3.20. The van der Waals surface area contributed by atoms with Crippen LogP contribution < -0.4 is 15.8 Å². The highest BCUT2D eigenvalue weighted by Gasteiger charge is 2.34. The number of benzene rings is 2. The zero-order valence-corrected chi connectivity index (χ0v) is 16.1. The molecule has 27 heavy (non-hydrogen) atoms. The zero-order chi connectivity index (χ0) is 18.8. The van der Waals surface area contributed by atoms with Crippen LogP contribution in [0.15, 0.2) is 48.5 Å². The van der Waals surface area contributed by atoms with E-state index in [1.807, 2.05) is 11.0 Å². The molecule has 142 valence electrons. The van der Waals surface area contributed by atoms with Gasteiger partial charge in [-0.25, -0.2) is 10.9 Å². The molecule has 4 rings (SSSR count). The van der Waals surface area contributed by atoms with Gasteiger partial charge in [0, 0.05) is 37.9 Å². The van der Waals surface area contributed by atoms with Crippen LogP contribution in [0.2, 0.25) is 0 Å². The van der Waals surface area contributed by atoms with Crippen LogP contribution in [-0.4, -0.2) is 43.0 Å². The van der Waals surface area contributed by atoms with Gasteiger partial charge in [0.15, 0.2) is 0 Å². The Hall–Kier alpha value is -2.37. The Morgan fingerprint density at radius 1 is 0.926 bits per heavy atom. The van der Waals surface area contributed by atoms with Crippen LogP contribution in [0, 0.1) is 13.8 Å². The largest absolute Gasteiger partial charge is 0.368 e. The van der Waals surface area contributed by atoms with Crippen LogP contribution in [0.25, 0.3) is 0 Å². The number of hydrazine groups is 1. The second kappa shape index (κ2) is 7.71. The van der Waals surface area contributed by atoms with E-state index in [4.69, 9.17) is 0 Å². The van der Waals surface area contributed by atoms with E-state index >= 15 is 0 Å². The molecule has 5 heteroatoms. The molecule has 2 saturated heterocycles. The van der Waals surface area contributed by atoms with Crippen molar-refractivity contribution in [1.82, 2.24) is 15.8 Å².